The number of amides is 2. The van der Waals surface area contributed by atoms with Gasteiger partial charge in [-0.1, -0.05) is 25.8 Å². The average molecular weight is 476 g/mol. The fraction of sp³-hybridized carbons (Fsp3) is 0.391. The van der Waals surface area contributed by atoms with Crippen LogP contribution in [0.5, 0.6) is 0 Å². The van der Waals surface area contributed by atoms with Crippen molar-refractivity contribution in [3.63, 3.8) is 0 Å². The third-order valence-corrected chi connectivity index (χ3v) is 5.88. The first kappa shape index (κ1) is 22.3. The van der Waals surface area contributed by atoms with Crippen LogP contribution in [0.1, 0.15) is 49.4 Å². The highest BCUT2D eigenvalue weighted by atomic mass is 79.9. The maximum absolute atomic E-state index is 13.3. The molecule has 30 heavy (non-hydrogen) atoms. The molecule has 2 aromatic rings. The van der Waals surface area contributed by atoms with E-state index in [1.54, 1.807) is 0 Å². The van der Waals surface area contributed by atoms with E-state index in [4.69, 9.17) is 0 Å². The standard InChI is InChI=1S/C23H27BrFN3O2/c1-2-3-9-21(27-22(29)19-11-10-16(25)14-20(19)24)23(30)26-17-7-6-8-18(15-17)28-12-4-5-13-28/h6-8,10-11,14-15,21H,2-5,9,12-13H2,1H3,(H,26,30)(H,27,29). The maximum atomic E-state index is 13.3. The van der Waals surface area contributed by atoms with Gasteiger partial charge in [0.15, 0.2) is 0 Å². The fourth-order valence-electron chi connectivity index (χ4n) is 3.57. The van der Waals surface area contributed by atoms with Crippen LogP contribution in [0.15, 0.2) is 46.9 Å². The Morgan fingerprint density at radius 1 is 1.17 bits per heavy atom. The number of benzene rings is 2. The van der Waals surface area contributed by atoms with Crippen molar-refractivity contribution in [2.24, 2.45) is 0 Å². The Morgan fingerprint density at radius 2 is 1.93 bits per heavy atom. The van der Waals surface area contributed by atoms with Gasteiger partial charge >= 0.3 is 0 Å². The second-order valence-electron chi connectivity index (χ2n) is 7.53. The summed E-state index contributed by atoms with van der Waals surface area (Å²) < 4.78 is 13.7. The number of carbonyl (C=O) groups is 2. The van der Waals surface area contributed by atoms with Gasteiger partial charge < -0.3 is 15.5 Å². The van der Waals surface area contributed by atoms with Crippen molar-refractivity contribution >= 4 is 39.1 Å². The lowest BCUT2D eigenvalue weighted by molar-refractivity contribution is -0.118. The number of carbonyl (C=O) groups excluding carboxylic acids is 2. The average Bonchev–Trinajstić information content (AvgIpc) is 3.26. The van der Waals surface area contributed by atoms with Gasteiger partial charge in [0.2, 0.25) is 5.91 Å². The second-order valence-corrected chi connectivity index (χ2v) is 8.38. The molecule has 2 amide bonds. The van der Waals surface area contributed by atoms with Gasteiger partial charge in [-0.05, 0) is 71.6 Å². The SMILES string of the molecule is CCCCC(NC(=O)c1ccc(F)cc1Br)C(=O)Nc1cccc(N2CCCC2)c1. The van der Waals surface area contributed by atoms with Crippen molar-refractivity contribution in [2.75, 3.05) is 23.3 Å². The molecule has 1 aliphatic rings. The van der Waals surface area contributed by atoms with Gasteiger partial charge in [-0.15, -0.1) is 0 Å². The van der Waals surface area contributed by atoms with E-state index in [1.165, 1.54) is 31.0 Å². The highest BCUT2D eigenvalue weighted by Gasteiger charge is 2.23. The van der Waals surface area contributed by atoms with Crippen LogP contribution in [0.25, 0.3) is 0 Å². The number of nitrogens with one attached hydrogen (secondary N) is 2. The summed E-state index contributed by atoms with van der Waals surface area (Å²) >= 11 is 3.22. The van der Waals surface area contributed by atoms with E-state index in [-0.39, 0.29) is 5.91 Å². The predicted octanol–water partition coefficient (Wildman–Crippen LogP) is 5.12. The summed E-state index contributed by atoms with van der Waals surface area (Å²) in [4.78, 5) is 27.9. The lowest BCUT2D eigenvalue weighted by Crippen LogP contribution is -2.44. The van der Waals surface area contributed by atoms with Crippen LogP contribution >= 0.6 is 15.9 Å². The quantitative estimate of drug-likeness (QED) is 0.557. The van der Waals surface area contributed by atoms with Crippen LogP contribution < -0.4 is 15.5 Å². The first-order chi connectivity index (χ1) is 14.5. The van der Waals surface area contributed by atoms with E-state index in [9.17, 15) is 14.0 Å². The third-order valence-electron chi connectivity index (χ3n) is 5.23. The number of unbranched alkanes of at least 4 members (excludes halogenated alkanes) is 1. The Morgan fingerprint density at radius 3 is 2.63 bits per heavy atom. The van der Waals surface area contributed by atoms with Crippen LogP contribution in [0.3, 0.4) is 0 Å². The van der Waals surface area contributed by atoms with Crippen LogP contribution in [0.4, 0.5) is 15.8 Å². The Hall–Kier alpha value is -2.41. The molecule has 0 saturated carbocycles. The van der Waals surface area contributed by atoms with Crippen LogP contribution in [-0.2, 0) is 4.79 Å². The summed E-state index contributed by atoms with van der Waals surface area (Å²) in [5.41, 5.74) is 2.10. The van der Waals surface area contributed by atoms with Crippen LogP contribution in [0, 0.1) is 5.82 Å². The van der Waals surface area contributed by atoms with Gasteiger partial charge in [0, 0.05) is 28.9 Å². The minimum absolute atomic E-state index is 0.256. The van der Waals surface area contributed by atoms with Gasteiger partial charge in [-0.25, -0.2) is 4.39 Å². The van der Waals surface area contributed by atoms with Crippen molar-refractivity contribution in [2.45, 2.75) is 45.1 Å². The Labute approximate surface area is 185 Å². The van der Waals surface area contributed by atoms with Crippen molar-refractivity contribution in [3.05, 3.63) is 58.3 Å². The van der Waals surface area contributed by atoms with Gasteiger partial charge in [0.25, 0.3) is 5.91 Å². The third kappa shape index (κ3) is 5.81. The normalized spacial score (nSPS) is 14.4. The molecule has 1 unspecified atom stereocenters. The molecule has 0 aromatic heterocycles. The lowest BCUT2D eigenvalue weighted by atomic mass is 10.1. The van der Waals surface area contributed by atoms with Gasteiger partial charge in [0.05, 0.1) is 5.56 Å². The molecule has 7 heteroatoms. The molecule has 1 saturated heterocycles. The Kier molecular flexibility index (Phi) is 7.85. The number of hydrogen-bond donors (Lipinski definition) is 2. The predicted molar refractivity (Wildman–Crippen MR) is 121 cm³/mol. The molecular formula is C23H27BrFN3O2. The number of rotatable bonds is 8. The Balaban J connectivity index is 1.70. The molecule has 3 rings (SSSR count). The maximum Gasteiger partial charge on any atom is 0.253 e. The van der Waals surface area contributed by atoms with Crippen molar-refractivity contribution in [1.29, 1.82) is 0 Å². The molecule has 1 aliphatic heterocycles. The van der Waals surface area contributed by atoms with E-state index in [1.807, 2.05) is 31.2 Å². The van der Waals surface area contributed by atoms with Crippen molar-refractivity contribution in [3.8, 4) is 0 Å². The summed E-state index contributed by atoms with van der Waals surface area (Å²) in [6.45, 7) is 4.09. The molecule has 1 heterocycles. The van der Waals surface area contributed by atoms with Gasteiger partial charge in [-0.2, -0.15) is 0 Å². The first-order valence-corrected chi connectivity index (χ1v) is 11.2. The van der Waals surface area contributed by atoms with E-state index < -0.39 is 17.8 Å². The molecule has 0 aliphatic carbocycles. The molecule has 1 atom stereocenters. The van der Waals surface area contributed by atoms with Crippen LogP contribution in [0.2, 0.25) is 0 Å². The van der Waals surface area contributed by atoms with E-state index in [0.717, 1.165) is 31.6 Å². The Bertz CT molecular complexity index is 900. The molecule has 0 bridgehead atoms. The molecule has 1 fully saturated rings. The summed E-state index contributed by atoms with van der Waals surface area (Å²) in [5.74, 6) is -1.10. The monoisotopic (exact) mass is 475 g/mol. The smallest absolute Gasteiger partial charge is 0.253 e. The minimum Gasteiger partial charge on any atom is -0.371 e. The first-order valence-electron chi connectivity index (χ1n) is 10.4. The lowest BCUT2D eigenvalue weighted by Gasteiger charge is -2.21. The zero-order chi connectivity index (χ0) is 21.5. The molecule has 0 spiro atoms. The summed E-state index contributed by atoms with van der Waals surface area (Å²) in [6.07, 6.45) is 4.60. The van der Waals surface area contributed by atoms with E-state index >= 15 is 0 Å². The highest BCUT2D eigenvalue weighted by molar-refractivity contribution is 9.10. The minimum atomic E-state index is -0.676. The molecular weight excluding hydrogens is 449 g/mol. The molecule has 0 radical (unpaired) electrons. The van der Waals surface area contributed by atoms with E-state index in [2.05, 4.69) is 31.5 Å². The summed E-state index contributed by atoms with van der Waals surface area (Å²) in [7, 11) is 0. The molecule has 160 valence electrons. The zero-order valence-corrected chi connectivity index (χ0v) is 18.7. The molecule has 2 aromatic carbocycles. The number of hydrogen-bond acceptors (Lipinski definition) is 3. The van der Waals surface area contributed by atoms with Crippen molar-refractivity contribution < 1.29 is 14.0 Å². The highest BCUT2D eigenvalue weighted by Crippen LogP contribution is 2.24. The van der Waals surface area contributed by atoms with Crippen LogP contribution in [-0.4, -0.2) is 30.9 Å². The van der Waals surface area contributed by atoms with E-state index in [0.29, 0.717) is 22.1 Å². The largest absolute Gasteiger partial charge is 0.371 e. The fourth-order valence-corrected chi connectivity index (χ4v) is 4.10. The number of anilines is 2. The molecule has 2 N–H and O–H groups in total. The summed E-state index contributed by atoms with van der Waals surface area (Å²) in [6, 6.07) is 11.0. The zero-order valence-electron chi connectivity index (χ0n) is 17.1. The van der Waals surface area contributed by atoms with Crippen molar-refractivity contribution in [1.82, 2.24) is 5.32 Å². The van der Waals surface area contributed by atoms with Gasteiger partial charge in [-0.3, -0.25) is 9.59 Å². The number of nitrogens with zero attached hydrogens (tertiary/aromatic N) is 1. The molecule has 5 nitrogen and oxygen atoms in total. The summed E-state index contributed by atoms with van der Waals surface area (Å²) in [5, 5.41) is 5.75. The van der Waals surface area contributed by atoms with Gasteiger partial charge in [0.1, 0.15) is 11.9 Å². The number of halogens is 2. The topological polar surface area (TPSA) is 61.4 Å². The second kappa shape index (κ2) is 10.6.